The Bertz CT molecular complexity index is 686. The number of nitrogens with one attached hydrogen (secondary N) is 1. The molecule has 0 bridgehead atoms. The molecule has 1 aromatic heterocycles. The van der Waals surface area contributed by atoms with Crippen molar-refractivity contribution in [2.45, 2.75) is 6.92 Å². The van der Waals surface area contributed by atoms with Gasteiger partial charge < -0.3 is 14.8 Å². The van der Waals surface area contributed by atoms with Crippen molar-refractivity contribution < 1.29 is 14.3 Å². The Kier molecular flexibility index (Phi) is 3.66. The molecule has 1 aromatic carbocycles. The molecular formula is C15H13ClN2O3. The normalized spacial score (nSPS) is 12.9. The molecule has 1 aliphatic heterocycles. The van der Waals surface area contributed by atoms with Crippen molar-refractivity contribution >= 4 is 23.2 Å². The molecule has 0 atom stereocenters. The highest BCUT2D eigenvalue weighted by atomic mass is 35.5. The van der Waals surface area contributed by atoms with Gasteiger partial charge in [0.2, 0.25) is 0 Å². The van der Waals surface area contributed by atoms with E-state index >= 15 is 0 Å². The molecule has 3 rings (SSSR count). The van der Waals surface area contributed by atoms with Gasteiger partial charge in [0.05, 0.1) is 16.3 Å². The Hall–Kier alpha value is -2.27. The highest BCUT2D eigenvalue weighted by Crippen LogP contribution is 2.38. The quantitative estimate of drug-likeness (QED) is 0.926. The molecule has 2 heterocycles. The van der Waals surface area contributed by atoms with Gasteiger partial charge in [-0.1, -0.05) is 11.6 Å². The van der Waals surface area contributed by atoms with Crippen LogP contribution in [0.2, 0.25) is 5.02 Å². The summed E-state index contributed by atoms with van der Waals surface area (Å²) in [6, 6.07) is 6.79. The number of aryl methyl sites for hydroxylation is 1. The number of halogens is 1. The molecule has 0 aliphatic carbocycles. The standard InChI is InChI=1S/C15H13ClN2O3/c1-9-2-3-10(8-17-9)15(19)18-12-7-14-13(6-11(12)16)20-4-5-21-14/h2-3,6-8H,4-5H2,1H3,(H,18,19). The Morgan fingerprint density at radius 2 is 1.95 bits per heavy atom. The summed E-state index contributed by atoms with van der Waals surface area (Å²) in [5.41, 5.74) is 1.79. The number of amides is 1. The maximum absolute atomic E-state index is 12.2. The first kappa shape index (κ1) is 13.7. The number of fused-ring (bicyclic) bond motifs is 1. The van der Waals surface area contributed by atoms with E-state index in [9.17, 15) is 4.79 Å². The van der Waals surface area contributed by atoms with Crippen molar-refractivity contribution in [3.8, 4) is 11.5 Å². The highest BCUT2D eigenvalue weighted by Gasteiger charge is 2.17. The highest BCUT2D eigenvalue weighted by molar-refractivity contribution is 6.34. The third-order valence-corrected chi connectivity index (χ3v) is 3.37. The van der Waals surface area contributed by atoms with E-state index in [4.69, 9.17) is 21.1 Å². The zero-order valence-electron chi connectivity index (χ0n) is 11.4. The number of carbonyl (C=O) groups excluding carboxylic acids is 1. The third-order valence-electron chi connectivity index (χ3n) is 3.05. The van der Waals surface area contributed by atoms with Crippen molar-refractivity contribution in [1.29, 1.82) is 0 Å². The summed E-state index contributed by atoms with van der Waals surface area (Å²) in [6.45, 7) is 2.83. The Labute approximate surface area is 126 Å². The van der Waals surface area contributed by atoms with Crippen molar-refractivity contribution in [3.63, 3.8) is 0 Å². The molecule has 0 unspecified atom stereocenters. The minimum absolute atomic E-state index is 0.277. The fourth-order valence-corrected chi connectivity index (χ4v) is 2.16. The number of rotatable bonds is 2. The largest absolute Gasteiger partial charge is 0.486 e. The predicted octanol–water partition coefficient (Wildman–Crippen LogP) is 3.07. The lowest BCUT2D eigenvalue weighted by Crippen LogP contribution is -2.17. The number of nitrogens with zero attached hydrogens (tertiary/aromatic N) is 1. The van der Waals surface area contributed by atoms with E-state index in [0.29, 0.717) is 41.0 Å². The van der Waals surface area contributed by atoms with Gasteiger partial charge in [-0.25, -0.2) is 0 Å². The van der Waals surface area contributed by atoms with Crippen LogP contribution in [-0.4, -0.2) is 24.1 Å². The van der Waals surface area contributed by atoms with Crippen molar-refractivity contribution in [1.82, 2.24) is 4.98 Å². The lowest BCUT2D eigenvalue weighted by molar-refractivity contribution is 0.102. The van der Waals surface area contributed by atoms with Crippen LogP contribution in [0.5, 0.6) is 11.5 Å². The van der Waals surface area contributed by atoms with Gasteiger partial charge in [-0.3, -0.25) is 9.78 Å². The Balaban J connectivity index is 1.84. The van der Waals surface area contributed by atoms with Gasteiger partial charge in [-0.15, -0.1) is 0 Å². The second-order valence-corrected chi connectivity index (χ2v) is 5.03. The first-order chi connectivity index (χ1) is 10.1. The van der Waals surface area contributed by atoms with Gasteiger partial charge >= 0.3 is 0 Å². The lowest BCUT2D eigenvalue weighted by Gasteiger charge is -2.20. The summed E-state index contributed by atoms with van der Waals surface area (Å²) in [5.74, 6) is 0.880. The summed E-state index contributed by atoms with van der Waals surface area (Å²) in [6.07, 6.45) is 1.52. The summed E-state index contributed by atoms with van der Waals surface area (Å²) < 4.78 is 10.9. The van der Waals surface area contributed by atoms with Gasteiger partial charge in [0, 0.05) is 24.0 Å². The van der Waals surface area contributed by atoms with E-state index in [1.54, 1.807) is 24.3 Å². The van der Waals surface area contributed by atoms with E-state index in [2.05, 4.69) is 10.3 Å². The minimum Gasteiger partial charge on any atom is -0.486 e. The first-order valence-corrected chi connectivity index (χ1v) is 6.84. The van der Waals surface area contributed by atoms with E-state index < -0.39 is 0 Å². The summed E-state index contributed by atoms with van der Waals surface area (Å²) in [7, 11) is 0. The molecule has 1 aliphatic rings. The lowest BCUT2D eigenvalue weighted by atomic mass is 10.2. The second-order valence-electron chi connectivity index (χ2n) is 4.62. The first-order valence-electron chi connectivity index (χ1n) is 6.46. The van der Waals surface area contributed by atoms with Gasteiger partial charge in [0.25, 0.3) is 5.91 Å². The van der Waals surface area contributed by atoms with Crippen molar-refractivity contribution in [3.05, 3.63) is 46.7 Å². The van der Waals surface area contributed by atoms with Crippen LogP contribution >= 0.6 is 11.6 Å². The maximum atomic E-state index is 12.2. The zero-order valence-corrected chi connectivity index (χ0v) is 12.1. The number of aromatic nitrogens is 1. The minimum atomic E-state index is -0.277. The van der Waals surface area contributed by atoms with Crippen LogP contribution in [0.25, 0.3) is 0 Å². The Morgan fingerprint density at radius 3 is 2.62 bits per heavy atom. The third kappa shape index (κ3) is 2.92. The Morgan fingerprint density at radius 1 is 1.24 bits per heavy atom. The van der Waals surface area contributed by atoms with Crippen LogP contribution < -0.4 is 14.8 Å². The molecule has 0 fully saturated rings. The van der Waals surface area contributed by atoms with E-state index in [0.717, 1.165) is 5.69 Å². The van der Waals surface area contributed by atoms with Crippen LogP contribution in [0.3, 0.4) is 0 Å². The van der Waals surface area contributed by atoms with E-state index in [1.807, 2.05) is 6.92 Å². The predicted molar refractivity (Wildman–Crippen MR) is 79.4 cm³/mol. The molecule has 2 aromatic rings. The number of hydrogen-bond acceptors (Lipinski definition) is 4. The van der Waals surface area contributed by atoms with Gasteiger partial charge in [-0.2, -0.15) is 0 Å². The molecule has 0 spiro atoms. The van der Waals surface area contributed by atoms with Crippen molar-refractivity contribution in [2.24, 2.45) is 0 Å². The van der Waals surface area contributed by atoms with Crippen LogP contribution in [0.1, 0.15) is 16.1 Å². The fraction of sp³-hybridized carbons (Fsp3) is 0.200. The zero-order chi connectivity index (χ0) is 14.8. The average Bonchev–Trinajstić information content (AvgIpc) is 2.48. The number of ether oxygens (including phenoxy) is 2. The van der Waals surface area contributed by atoms with Gasteiger partial charge in [-0.05, 0) is 19.1 Å². The van der Waals surface area contributed by atoms with Crippen LogP contribution in [-0.2, 0) is 0 Å². The molecule has 21 heavy (non-hydrogen) atoms. The second kappa shape index (κ2) is 5.61. The average molecular weight is 305 g/mol. The van der Waals surface area contributed by atoms with Crippen LogP contribution in [0, 0.1) is 6.92 Å². The number of carbonyl (C=O) groups is 1. The maximum Gasteiger partial charge on any atom is 0.257 e. The van der Waals surface area contributed by atoms with E-state index in [-0.39, 0.29) is 5.91 Å². The molecule has 1 N–H and O–H groups in total. The summed E-state index contributed by atoms with van der Waals surface area (Å²) >= 11 is 6.15. The smallest absolute Gasteiger partial charge is 0.257 e. The number of anilines is 1. The number of pyridine rings is 1. The van der Waals surface area contributed by atoms with Gasteiger partial charge in [0.15, 0.2) is 11.5 Å². The fourth-order valence-electron chi connectivity index (χ4n) is 1.96. The molecule has 6 heteroatoms. The molecular weight excluding hydrogens is 292 g/mol. The number of benzene rings is 1. The van der Waals surface area contributed by atoms with Crippen LogP contribution in [0.15, 0.2) is 30.5 Å². The molecule has 0 radical (unpaired) electrons. The summed E-state index contributed by atoms with van der Waals surface area (Å²) in [5, 5.41) is 3.15. The van der Waals surface area contributed by atoms with Gasteiger partial charge in [0.1, 0.15) is 13.2 Å². The van der Waals surface area contributed by atoms with E-state index in [1.165, 1.54) is 6.20 Å². The van der Waals surface area contributed by atoms with Crippen molar-refractivity contribution in [2.75, 3.05) is 18.5 Å². The summed E-state index contributed by atoms with van der Waals surface area (Å²) in [4.78, 5) is 16.3. The SMILES string of the molecule is Cc1ccc(C(=O)Nc2cc3c(cc2Cl)OCCO3)cn1. The monoisotopic (exact) mass is 304 g/mol. The van der Waals surface area contributed by atoms with Crippen LogP contribution in [0.4, 0.5) is 5.69 Å². The molecule has 1 amide bonds. The molecule has 0 saturated heterocycles. The topological polar surface area (TPSA) is 60.5 Å². The molecule has 5 nitrogen and oxygen atoms in total. The molecule has 108 valence electrons. The number of hydrogen-bond donors (Lipinski definition) is 1. The molecule has 0 saturated carbocycles.